The molecule has 0 amide bonds. The summed E-state index contributed by atoms with van der Waals surface area (Å²) in [5.41, 5.74) is 9.11. The van der Waals surface area contributed by atoms with Crippen molar-refractivity contribution in [3.63, 3.8) is 0 Å². The van der Waals surface area contributed by atoms with Gasteiger partial charge in [0.05, 0.1) is 92.7 Å². The van der Waals surface area contributed by atoms with E-state index in [0.29, 0.717) is 78.0 Å². The topological polar surface area (TPSA) is 177 Å². The van der Waals surface area contributed by atoms with Crippen LogP contribution < -0.4 is 34.6 Å². The first-order chi connectivity index (χ1) is 33.1. The van der Waals surface area contributed by atoms with Gasteiger partial charge in [-0.15, -0.1) is 0 Å². The van der Waals surface area contributed by atoms with E-state index in [0.717, 1.165) is 53.1 Å². The summed E-state index contributed by atoms with van der Waals surface area (Å²) >= 11 is 0. The lowest BCUT2D eigenvalue weighted by Crippen LogP contribution is -2.35. The van der Waals surface area contributed by atoms with Gasteiger partial charge in [0.1, 0.15) is 23.0 Å². The highest BCUT2D eigenvalue weighted by molar-refractivity contribution is 5.84. The number of aryl methyl sites for hydroxylation is 1. The van der Waals surface area contributed by atoms with Crippen LogP contribution in [0.25, 0.3) is 44.6 Å². The van der Waals surface area contributed by atoms with E-state index in [1.807, 2.05) is 77.6 Å². The number of anilines is 4. The van der Waals surface area contributed by atoms with Crippen LogP contribution in [0.4, 0.5) is 40.3 Å². The fourth-order valence-electron chi connectivity index (χ4n) is 7.33. The van der Waals surface area contributed by atoms with Crippen LogP contribution in [0.5, 0.6) is 23.0 Å². The Morgan fingerprint density at radius 1 is 0.623 bits per heavy atom. The molecular formula is C49H54F4N12O4. The van der Waals surface area contributed by atoms with Crippen LogP contribution in [0.2, 0.25) is 0 Å². The number of fused-ring (bicyclic) bond motifs is 2. The molecule has 0 fully saturated rings. The predicted molar refractivity (Wildman–Crippen MR) is 259 cm³/mol. The van der Waals surface area contributed by atoms with Crippen molar-refractivity contribution in [2.45, 2.75) is 32.1 Å². The second-order valence-electron chi connectivity index (χ2n) is 16.4. The molecule has 0 radical (unpaired) electrons. The average Bonchev–Trinajstić information content (AvgIpc) is 4.04. The van der Waals surface area contributed by atoms with E-state index in [1.54, 1.807) is 62.0 Å². The molecule has 362 valence electrons. The van der Waals surface area contributed by atoms with Gasteiger partial charge < -0.3 is 39.8 Å². The van der Waals surface area contributed by atoms with Gasteiger partial charge in [-0.1, -0.05) is 0 Å². The lowest BCUT2D eigenvalue weighted by Gasteiger charge is -2.26. The Kier molecular flexibility index (Phi) is 15.7. The molecule has 0 unspecified atom stereocenters. The van der Waals surface area contributed by atoms with E-state index in [9.17, 15) is 22.7 Å². The van der Waals surface area contributed by atoms with Crippen LogP contribution in [0.1, 0.15) is 20.3 Å². The second-order valence-corrected chi connectivity index (χ2v) is 16.4. The minimum absolute atomic E-state index is 0.0610. The highest BCUT2D eigenvalue weighted by Crippen LogP contribution is 2.36. The minimum Gasteiger partial charge on any atom is -0.508 e. The number of hydrogen-bond donors (Lipinski definition) is 4. The molecule has 4 heterocycles. The molecule has 4 aromatic heterocycles. The van der Waals surface area contributed by atoms with Gasteiger partial charge in [0, 0.05) is 123 Å². The Labute approximate surface area is 396 Å². The Morgan fingerprint density at radius 3 is 1.68 bits per heavy atom. The average molecular weight is 951 g/mol. The second kappa shape index (κ2) is 22.0. The third kappa shape index (κ3) is 13.5. The number of halogens is 4. The molecule has 8 rings (SSSR count). The van der Waals surface area contributed by atoms with Crippen molar-refractivity contribution in [1.82, 2.24) is 50.5 Å². The number of methoxy groups -OCH3 is 3. The quantitative estimate of drug-likeness (QED) is 0.0421. The normalized spacial score (nSPS) is 11.6. The first-order valence-corrected chi connectivity index (χ1v) is 21.9. The summed E-state index contributed by atoms with van der Waals surface area (Å²) in [5, 5.41) is 26.8. The van der Waals surface area contributed by atoms with Crippen molar-refractivity contribution < 1.29 is 36.9 Å². The van der Waals surface area contributed by atoms with Crippen molar-refractivity contribution >= 4 is 44.8 Å². The van der Waals surface area contributed by atoms with E-state index in [-0.39, 0.29) is 12.3 Å². The van der Waals surface area contributed by atoms with Gasteiger partial charge in [-0.3, -0.25) is 19.7 Å². The number of nitrogens with one attached hydrogen (secondary N) is 3. The number of phenolic OH excluding ortho intramolecular Hbond substituents is 1. The molecule has 0 aliphatic heterocycles. The van der Waals surface area contributed by atoms with Crippen molar-refractivity contribution in [2.24, 2.45) is 7.05 Å². The largest absolute Gasteiger partial charge is 0.508 e. The molecular weight excluding hydrogens is 897 g/mol. The fraction of sp³-hybridized carbons (Fsp3) is 0.306. The molecule has 0 saturated carbocycles. The lowest BCUT2D eigenvalue weighted by atomic mass is 10.1. The van der Waals surface area contributed by atoms with Gasteiger partial charge in [0.25, 0.3) is 11.8 Å². The van der Waals surface area contributed by atoms with Crippen LogP contribution in [0.3, 0.4) is 0 Å². The molecule has 4 N–H and O–H groups in total. The van der Waals surface area contributed by atoms with E-state index in [4.69, 9.17) is 24.2 Å². The van der Waals surface area contributed by atoms with Gasteiger partial charge in [-0.25, -0.2) is 27.5 Å². The first-order valence-electron chi connectivity index (χ1n) is 21.9. The smallest absolute Gasteiger partial charge is 0.257 e. The van der Waals surface area contributed by atoms with Crippen molar-refractivity contribution in [3.05, 3.63) is 110 Å². The molecule has 0 aliphatic rings. The third-order valence-corrected chi connectivity index (χ3v) is 10.7. The summed E-state index contributed by atoms with van der Waals surface area (Å²) in [4.78, 5) is 22.5. The number of ether oxygens (including phenoxy) is 3. The monoisotopic (exact) mass is 950 g/mol. The van der Waals surface area contributed by atoms with E-state index >= 15 is 0 Å². The van der Waals surface area contributed by atoms with Gasteiger partial charge >= 0.3 is 0 Å². The van der Waals surface area contributed by atoms with Crippen molar-refractivity contribution in [3.8, 4) is 45.5 Å². The molecule has 16 nitrogen and oxygen atoms in total. The number of rotatable bonds is 20. The maximum atomic E-state index is 13.3. The summed E-state index contributed by atoms with van der Waals surface area (Å²) < 4.78 is 70.8. The number of nitrogens with zero attached hydrogens (tertiary/aromatic N) is 9. The molecule has 0 bridgehead atoms. The molecule has 8 aromatic rings. The SMILES string of the molecule is COc1cc(O)cc(N(CCCNCC(C)(F)F)c2ccc3ncc(-c4cn[nH]c4)nc3c2)c1.COc1cc(OC)cc(N(CCNCC(C)(F)F)c2ccc3ncc(-c4cnn(C)c4)nc3c2)c1. The summed E-state index contributed by atoms with van der Waals surface area (Å²) in [6, 6.07) is 22.0. The lowest BCUT2D eigenvalue weighted by molar-refractivity contribution is 0.0223. The van der Waals surface area contributed by atoms with Gasteiger partial charge in [-0.2, -0.15) is 10.2 Å². The highest BCUT2D eigenvalue weighted by atomic mass is 19.3. The summed E-state index contributed by atoms with van der Waals surface area (Å²) in [6.45, 7) is 2.68. The molecule has 69 heavy (non-hydrogen) atoms. The highest BCUT2D eigenvalue weighted by Gasteiger charge is 2.22. The zero-order valence-corrected chi connectivity index (χ0v) is 39.1. The zero-order chi connectivity index (χ0) is 49.1. The number of alkyl halides is 4. The maximum Gasteiger partial charge on any atom is 0.257 e. The summed E-state index contributed by atoms with van der Waals surface area (Å²) in [7, 11) is 6.54. The Bertz CT molecular complexity index is 2920. The summed E-state index contributed by atoms with van der Waals surface area (Å²) in [6.07, 6.45) is 11.0. The van der Waals surface area contributed by atoms with E-state index in [2.05, 4.69) is 35.9 Å². The van der Waals surface area contributed by atoms with Gasteiger partial charge in [-0.05, 0) is 49.4 Å². The Hall–Kier alpha value is -7.58. The van der Waals surface area contributed by atoms with Crippen LogP contribution in [0.15, 0.2) is 110 Å². The molecule has 0 aliphatic carbocycles. The number of aromatic hydroxyl groups is 1. The molecule has 0 spiro atoms. The fourth-order valence-corrected chi connectivity index (χ4v) is 7.33. The minimum atomic E-state index is -2.79. The van der Waals surface area contributed by atoms with Gasteiger partial charge in [0.15, 0.2) is 0 Å². The van der Waals surface area contributed by atoms with Crippen LogP contribution in [0, 0.1) is 0 Å². The third-order valence-electron chi connectivity index (χ3n) is 10.7. The Balaban J connectivity index is 0.000000204. The zero-order valence-electron chi connectivity index (χ0n) is 39.1. The molecule has 4 aromatic carbocycles. The van der Waals surface area contributed by atoms with Crippen molar-refractivity contribution in [1.29, 1.82) is 0 Å². The van der Waals surface area contributed by atoms with Gasteiger partial charge in [0.2, 0.25) is 0 Å². The van der Waals surface area contributed by atoms with Crippen LogP contribution in [-0.2, 0) is 7.05 Å². The molecule has 20 heteroatoms. The molecule has 0 saturated heterocycles. The number of benzene rings is 4. The first kappa shape index (κ1) is 49.3. The van der Waals surface area contributed by atoms with Crippen molar-refractivity contribution in [2.75, 3.05) is 70.4 Å². The predicted octanol–water partition coefficient (Wildman–Crippen LogP) is 8.94. The van der Waals surface area contributed by atoms with E-state index in [1.165, 1.54) is 13.2 Å². The number of aromatic amines is 1. The van der Waals surface area contributed by atoms with E-state index < -0.39 is 18.4 Å². The maximum absolute atomic E-state index is 13.3. The van der Waals surface area contributed by atoms with Crippen LogP contribution >= 0.6 is 0 Å². The number of aromatic nitrogens is 8. The number of H-pyrrole nitrogens is 1. The number of phenols is 1. The molecule has 0 atom stereocenters. The summed E-state index contributed by atoms with van der Waals surface area (Å²) in [5.74, 6) is -3.74. The Morgan fingerprint density at radius 2 is 1.16 bits per heavy atom. The van der Waals surface area contributed by atoms with Crippen LogP contribution in [-0.4, -0.2) is 117 Å². The standard InChI is InChI=1S/C25H28F2N6O2.C24H26F2N6O2/c1-25(26,27)16-28-7-8-33(19-9-20(34-3)12-21(10-19)35-4)18-5-6-22-23(11-18)31-24(14-29-22)17-13-30-32(2)15-17;1-24(25,26)15-27-6-3-7-32(18-8-19(33)11-20(9-18)34-2)17-4-5-21-22(10-17)31-23(14-28-21)16-12-29-30-13-16/h5-6,9-15,28H,7-8,16H2,1-4H3;4-5,8-14,27,33H,3,6-7,15H2,1-2H3,(H,29,30). The number of hydrogen-bond acceptors (Lipinski definition) is 14.